The van der Waals surface area contributed by atoms with Crippen molar-refractivity contribution in [3.8, 4) is 0 Å². The molecule has 2 aromatic carbocycles. The number of anilines is 1. The molecule has 0 spiro atoms. The quantitative estimate of drug-likeness (QED) is 0.812. The molecule has 1 amide bonds. The van der Waals surface area contributed by atoms with Crippen LogP contribution < -0.4 is 5.32 Å². The van der Waals surface area contributed by atoms with E-state index in [1.165, 1.54) is 6.92 Å². The van der Waals surface area contributed by atoms with Crippen LogP contribution in [0, 0.1) is 0 Å². The fraction of sp³-hybridized carbons (Fsp3) is 0.333. The molecule has 0 bridgehead atoms. The minimum absolute atomic E-state index is 0.0364. The van der Waals surface area contributed by atoms with Crippen LogP contribution in [0.4, 0.5) is 5.69 Å². The normalized spacial score (nSPS) is 16.8. The molecular formula is C21H24N2O3. The maximum Gasteiger partial charge on any atom is 0.246 e. The van der Waals surface area contributed by atoms with Crippen LogP contribution in [0.3, 0.4) is 0 Å². The number of likely N-dealkylation sites (tertiary alicyclic amines) is 1. The molecule has 0 aromatic heterocycles. The summed E-state index contributed by atoms with van der Waals surface area (Å²) in [5.74, 6) is -0.168. The molecule has 2 N–H and O–H groups in total. The minimum Gasteiger partial charge on any atom is -0.393 e. The van der Waals surface area contributed by atoms with Crippen LogP contribution in [0.15, 0.2) is 54.6 Å². The Hall–Kier alpha value is -2.50. The van der Waals surface area contributed by atoms with Crippen LogP contribution in [0.25, 0.3) is 0 Å². The zero-order valence-electron chi connectivity index (χ0n) is 14.9. The molecule has 1 atom stereocenters. The summed E-state index contributed by atoms with van der Waals surface area (Å²) in [7, 11) is 0. The second-order valence-electron chi connectivity index (χ2n) is 6.71. The van der Waals surface area contributed by atoms with Gasteiger partial charge in [-0.15, -0.1) is 0 Å². The Morgan fingerprint density at radius 1 is 1.08 bits per heavy atom. The third-order valence-electron chi connectivity index (χ3n) is 4.76. The number of nitrogens with one attached hydrogen (secondary N) is 1. The van der Waals surface area contributed by atoms with Crippen molar-refractivity contribution in [2.75, 3.05) is 18.4 Å². The lowest BCUT2D eigenvalue weighted by Crippen LogP contribution is -2.43. The van der Waals surface area contributed by atoms with Gasteiger partial charge in [0.1, 0.15) is 6.04 Å². The minimum atomic E-state index is -0.426. The first-order valence-corrected chi connectivity index (χ1v) is 8.93. The smallest absolute Gasteiger partial charge is 0.246 e. The predicted molar refractivity (Wildman–Crippen MR) is 101 cm³/mol. The average molecular weight is 352 g/mol. The summed E-state index contributed by atoms with van der Waals surface area (Å²) in [4.78, 5) is 26.8. The van der Waals surface area contributed by atoms with Crippen molar-refractivity contribution in [2.24, 2.45) is 0 Å². The Balaban J connectivity index is 1.83. The number of aliphatic hydroxyl groups excluding tert-OH is 1. The lowest BCUT2D eigenvalue weighted by Gasteiger charge is -2.35. The monoisotopic (exact) mass is 352 g/mol. The van der Waals surface area contributed by atoms with Gasteiger partial charge in [0.15, 0.2) is 5.78 Å². The Bertz CT molecular complexity index is 768. The van der Waals surface area contributed by atoms with Crippen LogP contribution in [-0.2, 0) is 4.79 Å². The summed E-state index contributed by atoms with van der Waals surface area (Å²) >= 11 is 0. The molecule has 0 aliphatic carbocycles. The summed E-state index contributed by atoms with van der Waals surface area (Å²) in [5.41, 5.74) is 2.10. The van der Waals surface area contributed by atoms with Crippen LogP contribution in [0.2, 0.25) is 0 Å². The summed E-state index contributed by atoms with van der Waals surface area (Å²) in [6, 6.07) is 16.2. The number of nitrogens with zero attached hydrogens (tertiary/aromatic N) is 1. The SMILES string of the molecule is CC(=O)c1cccc(NC(=O)C(c2ccccc2)N2CCC(O)CC2)c1. The first-order chi connectivity index (χ1) is 12.5. The Morgan fingerprint density at radius 2 is 1.77 bits per heavy atom. The number of carbonyl (C=O) groups excluding carboxylic acids is 2. The maximum absolute atomic E-state index is 13.1. The molecule has 1 fully saturated rings. The second kappa shape index (κ2) is 8.25. The predicted octanol–water partition coefficient (Wildman–Crippen LogP) is 3.03. The van der Waals surface area contributed by atoms with Crippen LogP contribution in [0.5, 0.6) is 0 Å². The Kier molecular flexibility index (Phi) is 5.81. The van der Waals surface area contributed by atoms with Gasteiger partial charge < -0.3 is 10.4 Å². The molecule has 1 unspecified atom stereocenters. The van der Waals surface area contributed by atoms with E-state index in [0.29, 0.717) is 37.2 Å². The van der Waals surface area contributed by atoms with Gasteiger partial charge in [0.2, 0.25) is 5.91 Å². The fourth-order valence-corrected chi connectivity index (χ4v) is 3.33. The number of ketones is 1. The van der Waals surface area contributed by atoms with Gasteiger partial charge in [0, 0.05) is 24.3 Å². The highest BCUT2D eigenvalue weighted by molar-refractivity contribution is 5.98. The van der Waals surface area contributed by atoms with E-state index in [1.54, 1.807) is 24.3 Å². The highest BCUT2D eigenvalue weighted by Crippen LogP contribution is 2.26. The number of benzene rings is 2. The van der Waals surface area contributed by atoms with Gasteiger partial charge in [-0.1, -0.05) is 42.5 Å². The number of amides is 1. The number of piperidine rings is 1. The van der Waals surface area contributed by atoms with Crippen molar-refractivity contribution in [1.29, 1.82) is 0 Å². The molecule has 0 saturated carbocycles. The van der Waals surface area contributed by atoms with Crippen LogP contribution in [-0.4, -0.2) is 40.9 Å². The lowest BCUT2D eigenvalue weighted by molar-refractivity contribution is -0.122. The third kappa shape index (κ3) is 4.36. The van der Waals surface area contributed by atoms with E-state index in [-0.39, 0.29) is 17.8 Å². The van der Waals surface area contributed by atoms with E-state index >= 15 is 0 Å². The summed E-state index contributed by atoms with van der Waals surface area (Å²) < 4.78 is 0. The Morgan fingerprint density at radius 3 is 2.42 bits per heavy atom. The largest absolute Gasteiger partial charge is 0.393 e. The second-order valence-corrected chi connectivity index (χ2v) is 6.71. The molecule has 2 aromatic rings. The third-order valence-corrected chi connectivity index (χ3v) is 4.76. The van der Waals surface area contributed by atoms with Crippen molar-refractivity contribution in [3.05, 3.63) is 65.7 Å². The number of Topliss-reactive ketones (excluding diaryl/α,β-unsaturated/α-hetero) is 1. The van der Waals surface area contributed by atoms with Gasteiger partial charge in [-0.05, 0) is 37.5 Å². The first-order valence-electron chi connectivity index (χ1n) is 8.93. The molecule has 3 rings (SSSR count). The molecule has 1 aliphatic heterocycles. The Labute approximate surface area is 153 Å². The van der Waals surface area contributed by atoms with Crippen molar-refractivity contribution >= 4 is 17.4 Å². The molecule has 136 valence electrons. The van der Waals surface area contributed by atoms with Crippen LogP contribution in [0.1, 0.15) is 41.7 Å². The highest BCUT2D eigenvalue weighted by atomic mass is 16.3. The molecule has 26 heavy (non-hydrogen) atoms. The van der Waals surface area contributed by atoms with Gasteiger partial charge in [-0.25, -0.2) is 0 Å². The molecule has 1 saturated heterocycles. The average Bonchev–Trinajstić information content (AvgIpc) is 2.64. The van der Waals surface area contributed by atoms with Crippen molar-refractivity contribution in [3.63, 3.8) is 0 Å². The molecular weight excluding hydrogens is 328 g/mol. The molecule has 5 heteroatoms. The highest BCUT2D eigenvalue weighted by Gasteiger charge is 2.30. The van der Waals surface area contributed by atoms with E-state index < -0.39 is 6.04 Å². The summed E-state index contributed by atoms with van der Waals surface area (Å²) in [6.07, 6.45) is 1.03. The van der Waals surface area contributed by atoms with Crippen molar-refractivity contribution in [2.45, 2.75) is 31.9 Å². The standard InChI is InChI=1S/C21H24N2O3/c1-15(24)17-8-5-9-18(14-17)22-21(26)20(16-6-3-2-4-7-16)23-12-10-19(25)11-13-23/h2-9,14,19-20,25H,10-13H2,1H3,(H,22,26). The number of aliphatic hydroxyl groups is 1. The zero-order chi connectivity index (χ0) is 18.5. The van der Waals surface area contributed by atoms with Gasteiger partial charge in [-0.2, -0.15) is 0 Å². The number of carbonyl (C=O) groups is 2. The number of hydrogen-bond acceptors (Lipinski definition) is 4. The van der Waals surface area contributed by atoms with E-state index in [0.717, 1.165) is 5.56 Å². The fourth-order valence-electron chi connectivity index (χ4n) is 3.33. The van der Waals surface area contributed by atoms with Gasteiger partial charge in [0.25, 0.3) is 0 Å². The van der Waals surface area contributed by atoms with E-state index in [2.05, 4.69) is 10.2 Å². The van der Waals surface area contributed by atoms with Crippen molar-refractivity contribution in [1.82, 2.24) is 4.90 Å². The molecule has 0 radical (unpaired) electrons. The maximum atomic E-state index is 13.1. The molecule has 1 heterocycles. The van der Waals surface area contributed by atoms with Gasteiger partial charge >= 0.3 is 0 Å². The summed E-state index contributed by atoms with van der Waals surface area (Å²) in [5, 5.41) is 12.7. The van der Waals surface area contributed by atoms with Gasteiger partial charge in [0.05, 0.1) is 6.10 Å². The van der Waals surface area contributed by atoms with E-state index in [1.807, 2.05) is 30.3 Å². The van der Waals surface area contributed by atoms with Crippen LogP contribution >= 0.6 is 0 Å². The topological polar surface area (TPSA) is 69.6 Å². The van der Waals surface area contributed by atoms with E-state index in [9.17, 15) is 14.7 Å². The van der Waals surface area contributed by atoms with Crippen molar-refractivity contribution < 1.29 is 14.7 Å². The number of rotatable bonds is 5. The lowest BCUT2D eigenvalue weighted by atomic mass is 9.99. The number of hydrogen-bond donors (Lipinski definition) is 2. The summed E-state index contributed by atoms with van der Waals surface area (Å²) in [6.45, 7) is 2.84. The van der Waals surface area contributed by atoms with E-state index in [4.69, 9.17) is 0 Å². The first kappa shape index (κ1) is 18.3. The van der Waals surface area contributed by atoms with Gasteiger partial charge in [-0.3, -0.25) is 14.5 Å². The molecule has 1 aliphatic rings. The zero-order valence-corrected chi connectivity index (χ0v) is 14.9. The molecule has 5 nitrogen and oxygen atoms in total.